The Morgan fingerprint density at radius 2 is 2.28 bits per heavy atom. The van der Waals surface area contributed by atoms with E-state index in [2.05, 4.69) is 5.32 Å². The van der Waals surface area contributed by atoms with E-state index in [9.17, 15) is 9.59 Å². The van der Waals surface area contributed by atoms with Crippen molar-refractivity contribution in [3.8, 4) is 6.07 Å². The molecule has 0 radical (unpaired) electrons. The molecule has 3 N–H and O–H groups in total. The number of pyridine rings is 1. The molecule has 1 aromatic rings. The molecule has 1 rings (SSSR count). The van der Waals surface area contributed by atoms with Gasteiger partial charge in [-0.15, -0.1) is 0 Å². The number of rotatable bonds is 5. The molecule has 0 aliphatic rings. The van der Waals surface area contributed by atoms with Crippen LogP contribution in [0.3, 0.4) is 0 Å². The van der Waals surface area contributed by atoms with Gasteiger partial charge in [0.2, 0.25) is 5.91 Å². The van der Waals surface area contributed by atoms with E-state index in [-0.39, 0.29) is 30.0 Å². The fraction of sp³-hybridized carbons (Fsp3) is 0.417. The van der Waals surface area contributed by atoms with E-state index in [0.717, 1.165) is 5.69 Å². The predicted molar refractivity (Wildman–Crippen MR) is 66.8 cm³/mol. The molecule has 0 aromatic carbocycles. The number of nitrogens with zero attached hydrogens (tertiary/aromatic N) is 2. The summed E-state index contributed by atoms with van der Waals surface area (Å²) >= 11 is 0. The van der Waals surface area contributed by atoms with Crippen molar-refractivity contribution in [3.05, 3.63) is 33.7 Å². The zero-order chi connectivity index (χ0) is 13.5. The first-order valence-electron chi connectivity index (χ1n) is 5.67. The normalized spacial score (nSPS) is 9.83. The lowest BCUT2D eigenvalue weighted by atomic mass is 10.2. The third kappa shape index (κ3) is 3.43. The SMILES string of the molecule is Cc1ccc(C#N)c(=O)n1CCC(=O)NCCN. The maximum Gasteiger partial charge on any atom is 0.268 e. The fourth-order valence-electron chi connectivity index (χ4n) is 1.55. The van der Waals surface area contributed by atoms with Crippen molar-refractivity contribution in [1.29, 1.82) is 5.26 Å². The minimum absolute atomic E-state index is 0.0861. The quantitative estimate of drug-likeness (QED) is 0.733. The van der Waals surface area contributed by atoms with Gasteiger partial charge in [-0.05, 0) is 19.1 Å². The third-order valence-electron chi connectivity index (χ3n) is 2.54. The van der Waals surface area contributed by atoms with Gasteiger partial charge in [0, 0.05) is 31.7 Å². The molecular weight excluding hydrogens is 232 g/mol. The van der Waals surface area contributed by atoms with Crippen LogP contribution < -0.4 is 16.6 Å². The highest BCUT2D eigenvalue weighted by atomic mass is 16.1. The first-order chi connectivity index (χ1) is 8.60. The number of carbonyl (C=O) groups is 1. The van der Waals surface area contributed by atoms with Crippen molar-refractivity contribution in [2.24, 2.45) is 5.73 Å². The molecule has 6 nitrogen and oxygen atoms in total. The Kier molecular flexibility index (Phi) is 5.08. The molecule has 0 aliphatic carbocycles. The van der Waals surface area contributed by atoms with Crippen molar-refractivity contribution in [1.82, 2.24) is 9.88 Å². The molecule has 0 aliphatic heterocycles. The molecule has 1 heterocycles. The number of amides is 1. The minimum atomic E-state index is -0.357. The van der Waals surface area contributed by atoms with Crippen LogP contribution in [0.4, 0.5) is 0 Å². The molecule has 0 unspecified atom stereocenters. The number of nitriles is 1. The summed E-state index contributed by atoms with van der Waals surface area (Å²) in [5, 5.41) is 11.4. The largest absolute Gasteiger partial charge is 0.355 e. The smallest absolute Gasteiger partial charge is 0.268 e. The maximum atomic E-state index is 11.8. The number of aromatic nitrogens is 1. The Morgan fingerprint density at radius 3 is 2.89 bits per heavy atom. The molecule has 0 saturated heterocycles. The molecule has 0 spiro atoms. The Bertz CT molecular complexity index is 528. The molecule has 96 valence electrons. The molecule has 18 heavy (non-hydrogen) atoms. The van der Waals surface area contributed by atoms with E-state index in [1.807, 2.05) is 6.07 Å². The number of hydrogen-bond acceptors (Lipinski definition) is 4. The summed E-state index contributed by atoms with van der Waals surface area (Å²) in [6.07, 6.45) is 0.190. The van der Waals surface area contributed by atoms with E-state index in [1.165, 1.54) is 10.6 Å². The number of carbonyl (C=O) groups excluding carboxylic acids is 1. The molecule has 0 fully saturated rings. The Balaban J connectivity index is 2.77. The second-order valence-electron chi connectivity index (χ2n) is 3.85. The number of aryl methyl sites for hydroxylation is 1. The summed E-state index contributed by atoms with van der Waals surface area (Å²) in [6, 6.07) is 5.02. The molecule has 1 aromatic heterocycles. The van der Waals surface area contributed by atoms with Crippen LogP contribution in [-0.4, -0.2) is 23.6 Å². The fourth-order valence-corrected chi connectivity index (χ4v) is 1.55. The topological polar surface area (TPSA) is 101 Å². The van der Waals surface area contributed by atoms with E-state index < -0.39 is 0 Å². The summed E-state index contributed by atoms with van der Waals surface area (Å²) in [5.41, 5.74) is 5.72. The lowest BCUT2D eigenvalue weighted by molar-refractivity contribution is -0.121. The number of nitrogens with one attached hydrogen (secondary N) is 1. The average Bonchev–Trinajstić information content (AvgIpc) is 2.36. The summed E-state index contributed by atoms with van der Waals surface area (Å²) in [5.74, 6) is -0.158. The van der Waals surface area contributed by atoms with Gasteiger partial charge < -0.3 is 15.6 Å². The molecule has 6 heteroatoms. The zero-order valence-corrected chi connectivity index (χ0v) is 10.3. The van der Waals surface area contributed by atoms with Gasteiger partial charge >= 0.3 is 0 Å². The van der Waals surface area contributed by atoms with Crippen molar-refractivity contribution >= 4 is 5.91 Å². The summed E-state index contributed by atoms with van der Waals surface area (Å²) in [7, 11) is 0. The van der Waals surface area contributed by atoms with Crippen LogP contribution in [0.5, 0.6) is 0 Å². The average molecular weight is 248 g/mol. The van der Waals surface area contributed by atoms with Gasteiger partial charge in [0.05, 0.1) is 0 Å². The highest BCUT2D eigenvalue weighted by molar-refractivity contribution is 5.75. The van der Waals surface area contributed by atoms with Gasteiger partial charge in [-0.3, -0.25) is 9.59 Å². The van der Waals surface area contributed by atoms with Crippen molar-refractivity contribution in [3.63, 3.8) is 0 Å². The van der Waals surface area contributed by atoms with Crippen molar-refractivity contribution in [2.75, 3.05) is 13.1 Å². The molecule has 0 atom stereocenters. The first-order valence-corrected chi connectivity index (χ1v) is 5.67. The number of hydrogen-bond donors (Lipinski definition) is 2. The van der Waals surface area contributed by atoms with Crippen LogP contribution in [-0.2, 0) is 11.3 Å². The summed E-state index contributed by atoms with van der Waals surface area (Å²) < 4.78 is 1.43. The van der Waals surface area contributed by atoms with Crippen LogP contribution in [0.1, 0.15) is 17.7 Å². The Morgan fingerprint density at radius 1 is 1.56 bits per heavy atom. The highest BCUT2D eigenvalue weighted by Crippen LogP contribution is 1.99. The lowest BCUT2D eigenvalue weighted by Crippen LogP contribution is -2.31. The predicted octanol–water partition coefficient (Wildman–Crippen LogP) is -0.507. The van der Waals surface area contributed by atoms with Crippen LogP contribution in [0.25, 0.3) is 0 Å². The minimum Gasteiger partial charge on any atom is -0.355 e. The second kappa shape index (κ2) is 6.57. The van der Waals surface area contributed by atoms with E-state index in [1.54, 1.807) is 13.0 Å². The van der Waals surface area contributed by atoms with Gasteiger partial charge in [0.1, 0.15) is 11.6 Å². The summed E-state index contributed by atoms with van der Waals surface area (Å²) in [4.78, 5) is 23.2. The van der Waals surface area contributed by atoms with Crippen LogP contribution >= 0.6 is 0 Å². The highest BCUT2D eigenvalue weighted by Gasteiger charge is 2.07. The second-order valence-corrected chi connectivity index (χ2v) is 3.85. The Hall–Kier alpha value is -2.13. The van der Waals surface area contributed by atoms with Crippen LogP contribution in [0.15, 0.2) is 16.9 Å². The summed E-state index contributed by atoms with van der Waals surface area (Å²) in [6.45, 7) is 2.83. The first kappa shape index (κ1) is 13.9. The third-order valence-corrected chi connectivity index (χ3v) is 2.54. The van der Waals surface area contributed by atoms with Crippen LogP contribution in [0, 0.1) is 18.3 Å². The standard InChI is InChI=1S/C12H16N4O2/c1-9-2-3-10(8-14)12(18)16(9)7-4-11(17)15-6-5-13/h2-3H,4-7,13H2,1H3,(H,15,17). The van der Waals surface area contributed by atoms with E-state index >= 15 is 0 Å². The van der Waals surface area contributed by atoms with Crippen molar-refractivity contribution in [2.45, 2.75) is 19.9 Å². The van der Waals surface area contributed by atoms with Gasteiger partial charge in [-0.1, -0.05) is 0 Å². The van der Waals surface area contributed by atoms with E-state index in [4.69, 9.17) is 11.0 Å². The molecule has 0 saturated carbocycles. The molecule has 0 bridgehead atoms. The zero-order valence-electron chi connectivity index (χ0n) is 10.3. The van der Waals surface area contributed by atoms with Gasteiger partial charge in [0.25, 0.3) is 5.56 Å². The molecule has 1 amide bonds. The monoisotopic (exact) mass is 248 g/mol. The van der Waals surface area contributed by atoms with E-state index in [0.29, 0.717) is 13.1 Å². The van der Waals surface area contributed by atoms with Crippen molar-refractivity contribution < 1.29 is 4.79 Å². The lowest BCUT2D eigenvalue weighted by Gasteiger charge is -2.10. The number of nitrogens with two attached hydrogens (primary N) is 1. The Labute approximate surface area is 105 Å². The molecular formula is C12H16N4O2. The van der Waals surface area contributed by atoms with Crippen LogP contribution in [0.2, 0.25) is 0 Å². The van der Waals surface area contributed by atoms with Gasteiger partial charge in [-0.25, -0.2) is 0 Å². The maximum absolute atomic E-state index is 11.8. The van der Waals surface area contributed by atoms with Gasteiger partial charge in [-0.2, -0.15) is 5.26 Å². The van der Waals surface area contributed by atoms with Gasteiger partial charge in [0.15, 0.2) is 0 Å².